The van der Waals surface area contributed by atoms with E-state index in [2.05, 4.69) is 38.8 Å². The average molecular weight is 482 g/mol. The lowest BCUT2D eigenvalue weighted by molar-refractivity contribution is -0.105. The first-order chi connectivity index (χ1) is 15.5. The number of benzene rings is 2. The molecule has 0 fully saturated rings. The van der Waals surface area contributed by atoms with Gasteiger partial charge in [-0.05, 0) is 62.9 Å². The highest BCUT2D eigenvalue weighted by molar-refractivity contribution is 6.31. The monoisotopic (exact) mass is 481 g/mol. The molecular weight excluding hydrogens is 444 g/mol. The highest BCUT2D eigenvalue weighted by Gasteiger charge is 2.11. The van der Waals surface area contributed by atoms with E-state index in [1.165, 1.54) is 30.2 Å². The molecule has 0 bridgehead atoms. The molecule has 6 heteroatoms. The molecule has 0 N–H and O–H groups in total. The summed E-state index contributed by atoms with van der Waals surface area (Å²) in [6.45, 7) is 19.7. The van der Waals surface area contributed by atoms with Crippen molar-refractivity contribution in [2.45, 2.75) is 62.3 Å². The minimum atomic E-state index is -0.692. The van der Waals surface area contributed by atoms with E-state index >= 15 is 0 Å². The van der Waals surface area contributed by atoms with Crippen molar-refractivity contribution in [2.24, 2.45) is 10.9 Å². The Balaban J connectivity index is -0.000000445. The van der Waals surface area contributed by atoms with Gasteiger partial charge in [0.25, 0.3) is 0 Å². The largest absolute Gasteiger partial charge is 0.307 e. The first-order valence-electron chi connectivity index (χ1n) is 10.7. The lowest BCUT2D eigenvalue weighted by atomic mass is 10.1. The zero-order chi connectivity index (χ0) is 26.6. The van der Waals surface area contributed by atoms with E-state index in [9.17, 15) is 13.6 Å². The quantitative estimate of drug-likeness (QED) is 0.251. The van der Waals surface area contributed by atoms with E-state index in [0.29, 0.717) is 6.29 Å². The van der Waals surface area contributed by atoms with Crippen LogP contribution in [0.2, 0.25) is 5.02 Å². The average Bonchev–Trinajstić information content (AvgIpc) is 2.78. The predicted molar refractivity (Wildman–Crippen MR) is 138 cm³/mol. The van der Waals surface area contributed by atoms with Crippen LogP contribution in [0.5, 0.6) is 0 Å². The number of aldehydes is 1. The molecule has 0 saturated heterocycles. The Morgan fingerprint density at radius 1 is 1.00 bits per heavy atom. The molecule has 184 valence electrons. The lowest BCUT2D eigenvalue weighted by Crippen LogP contribution is -2.03. The first-order valence-corrected chi connectivity index (χ1v) is 11.0. The Morgan fingerprint density at radius 2 is 1.42 bits per heavy atom. The van der Waals surface area contributed by atoms with Crippen LogP contribution in [0.3, 0.4) is 0 Å². The van der Waals surface area contributed by atoms with Gasteiger partial charge in [0.2, 0.25) is 0 Å². The fourth-order valence-corrected chi connectivity index (χ4v) is 2.19. The summed E-state index contributed by atoms with van der Waals surface area (Å²) in [6, 6.07) is 9.49. The standard InChI is InChI=1S/C12H11F2NO.C8H9Cl.C4H10.C2H6.CH2O/c1-3-9(7-16)15-8(2)12-10(13)5-4-6-11(12)14;1-6-4-3-5-8(9)7(6)2;1-4(2)3;2*1-2/h3-7H,1-2H3;3-5H,1-2H3;4H,1-3H3;1-2H3;1H2/b9-3-,15-8?;;;;. The van der Waals surface area contributed by atoms with Gasteiger partial charge in [-0.1, -0.05) is 70.5 Å². The van der Waals surface area contributed by atoms with Crippen LogP contribution in [0.25, 0.3) is 0 Å². The number of rotatable bonds is 3. The lowest BCUT2D eigenvalue weighted by Gasteiger charge is -2.03. The molecule has 0 radical (unpaired) electrons. The van der Waals surface area contributed by atoms with E-state index in [4.69, 9.17) is 16.4 Å². The van der Waals surface area contributed by atoms with Gasteiger partial charge >= 0.3 is 0 Å². The summed E-state index contributed by atoms with van der Waals surface area (Å²) in [7, 11) is 0. The third-order valence-corrected chi connectivity index (χ3v) is 3.99. The topological polar surface area (TPSA) is 46.5 Å². The highest BCUT2D eigenvalue weighted by Crippen LogP contribution is 2.17. The molecule has 0 unspecified atom stereocenters. The van der Waals surface area contributed by atoms with Crippen LogP contribution in [0.4, 0.5) is 8.78 Å². The summed E-state index contributed by atoms with van der Waals surface area (Å²) in [5.74, 6) is -0.551. The maximum Gasteiger partial charge on any atom is 0.168 e. The minimum absolute atomic E-state index is 0.135. The summed E-state index contributed by atoms with van der Waals surface area (Å²) in [5, 5.41) is 0.856. The van der Waals surface area contributed by atoms with Crippen LogP contribution < -0.4 is 0 Å². The first kappa shape index (κ1) is 34.9. The van der Waals surface area contributed by atoms with Gasteiger partial charge in [-0.15, -0.1) is 0 Å². The second-order valence-electron chi connectivity index (χ2n) is 7.04. The molecular formula is C27H38ClF2NO2. The molecule has 0 saturated carbocycles. The molecule has 0 aliphatic carbocycles. The van der Waals surface area contributed by atoms with Crippen molar-refractivity contribution >= 4 is 30.4 Å². The summed E-state index contributed by atoms with van der Waals surface area (Å²) in [6.07, 6.45) is 2.00. The second-order valence-corrected chi connectivity index (χ2v) is 7.45. The predicted octanol–water partition coefficient (Wildman–Crippen LogP) is 8.34. The van der Waals surface area contributed by atoms with Crippen LogP contribution in [0, 0.1) is 31.4 Å². The molecule has 0 aliphatic heterocycles. The number of hydrogen-bond acceptors (Lipinski definition) is 3. The number of allylic oxidation sites excluding steroid dienone is 2. The zero-order valence-electron chi connectivity index (χ0n) is 21.3. The normalized spacial score (nSPS) is 10.2. The van der Waals surface area contributed by atoms with E-state index in [0.717, 1.165) is 23.1 Å². The van der Waals surface area contributed by atoms with Gasteiger partial charge in [-0.3, -0.25) is 4.79 Å². The molecule has 2 aromatic carbocycles. The van der Waals surface area contributed by atoms with Gasteiger partial charge in [0.15, 0.2) is 6.29 Å². The zero-order valence-corrected chi connectivity index (χ0v) is 22.1. The van der Waals surface area contributed by atoms with E-state index < -0.39 is 11.6 Å². The molecule has 2 aromatic rings. The van der Waals surface area contributed by atoms with Crippen LogP contribution >= 0.6 is 11.6 Å². The summed E-state index contributed by atoms with van der Waals surface area (Å²) < 4.78 is 26.7. The van der Waals surface area contributed by atoms with Crippen LogP contribution in [0.1, 0.15) is 65.2 Å². The van der Waals surface area contributed by atoms with Gasteiger partial charge in [0.1, 0.15) is 18.4 Å². The molecule has 2 rings (SSSR count). The van der Waals surface area contributed by atoms with Gasteiger partial charge < -0.3 is 4.79 Å². The maximum atomic E-state index is 13.3. The van der Waals surface area contributed by atoms with Crippen LogP contribution in [-0.4, -0.2) is 18.8 Å². The fourth-order valence-electron chi connectivity index (χ4n) is 1.97. The number of carbonyl (C=O) groups is 2. The van der Waals surface area contributed by atoms with Crippen molar-refractivity contribution in [2.75, 3.05) is 0 Å². The van der Waals surface area contributed by atoms with Crippen LogP contribution in [0.15, 0.2) is 53.2 Å². The van der Waals surface area contributed by atoms with Gasteiger partial charge in [-0.25, -0.2) is 13.8 Å². The van der Waals surface area contributed by atoms with Crippen molar-refractivity contribution in [1.82, 2.24) is 0 Å². The molecule has 0 heterocycles. The summed E-state index contributed by atoms with van der Waals surface area (Å²) >= 11 is 5.81. The van der Waals surface area contributed by atoms with Gasteiger partial charge in [-0.2, -0.15) is 0 Å². The summed E-state index contributed by atoms with van der Waals surface area (Å²) in [4.78, 5) is 22.3. The SMILES string of the molecule is C/C=C(/C=O)N=C(C)c1c(F)cccc1F.C=O.CC.CC(C)C.Cc1cccc(Cl)c1C. The Kier molecular flexibility index (Phi) is 22.4. The number of nitrogens with zero attached hydrogens (tertiary/aromatic N) is 1. The van der Waals surface area contributed by atoms with Crippen molar-refractivity contribution in [1.29, 1.82) is 0 Å². The van der Waals surface area contributed by atoms with E-state index in [1.807, 2.05) is 39.7 Å². The van der Waals surface area contributed by atoms with Gasteiger partial charge in [0, 0.05) is 5.02 Å². The van der Waals surface area contributed by atoms with E-state index in [1.54, 1.807) is 6.92 Å². The Hall–Kier alpha value is -2.66. The Bertz CT molecular complexity index is 835. The number of carbonyl (C=O) groups excluding carboxylic acids is 2. The third kappa shape index (κ3) is 15.7. The fraction of sp³-hybridized carbons (Fsp3) is 0.370. The number of halogens is 3. The van der Waals surface area contributed by atoms with E-state index in [-0.39, 0.29) is 17.0 Å². The van der Waals surface area contributed by atoms with Crippen molar-refractivity contribution in [3.63, 3.8) is 0 Å². The Labute approximate surface area is 203 Å². The minimum Gasteiger partial charge on any atom is -0.307 e. The summed E-state index contributed by atoms with van der Waals surface area (Å²) in [5.41, 5.74) is 2.50. The highest BCUT2D eigenvalue weighted by atomic mass is 35.5. The van der Waals surface area contributed by atoms with Gasteiger partial charge in [0.05, 0.1) is 17.0 Å². The van der Waals surface area contributed by atoms with Crippen LogP contribution in [-0.2, 0) is 9.59 Å². The van der Waals surface area contributed by atoms with Crippen molar-refractivity contribution in [3.8, 4) is 0 Å². The molecule has 3 nitrogen and oxygen atoms in total. The maximum absolute atomic E-state index is 13.3. The second kappa shape index (κ2) is 21.2. The van der Waals surface area contributed by atoms with Crippen molar-refractivity contribution < 1.29 is 18.4 Å². The molecule has 0 spiro atoms. The number of aliphatic imine (C=N–C) groups is 1. The smallest absolute Gasteiger partial charge is 0.168 e. The third-order valence-electron chi connectivity index (χ3n) is 3.58. The molecule has 0 amide bonds. The number of aryl methyl sites for hydroxylation is 1. The Morgan fingerprint density at radius 3 is 1.76 bits per heavy atom. The molecule has 0 atom stereocenters. The molecule has 33 heavy (non-hydrogen) atoms. The van der Waals surface area contributed by atoms with Crippen molar-refractivity contribution in [3.05, 3.63) is 81.5 Å². The molecule has 0 aromatic heterocycles. The molecule has 0 aliphatic rings. The number of hydrogen-bond donors (Lipinski definition) is 0.